The summed E-state index contributed by atoms with van der Waals surface area (Å²) in [6.07, 6.45) is 1.23. The fraction of sp³-hybridized carbons (Fsp3) is 0.692. The van der Waals surface area contributed by atoms with Crippen molar-refractivity contribution in [3.05, 3.63) is 21.9 Å². The van der Waals surface area contributed by atoms with E-state index >= 15 is 0 Å². The van der Waals surface area contributed by atoms with E-state index in [2.05, 4.69) is 48.4 Å². The second kappa shape index (κ2) is 6.12. The number of hydrogen-bond donors (Lipinski definition) is 2. The minimum absolute atomic E-state index is 0.217. The van der Waals surface area contributed by atoms with E-state index in [0.29, 0.717) is 6.04 Å². The standard InChI is InChI=1S/C13H24N4S/c1-10-5-6-12(18-10)13(15-14)11-9-16(2)7-4-8-17(11)3/h5-6,11,13,15H,4,7-9,14H2,1-3H3. The summed E-state index contributed by atoms with van der Waals surface area (Å²) in [4.78, 5) is 7.51. The van der Waals surface area contributed by atoms with Crippen molar-refractivity contribution < 1.29 is 0 Å². The van der Waals surface area contributed by atoms with Crippen molar-refractivity contribution in [1.82, 2.24) is 15.2 Å². The Morgan fingerprint density at radius 3 is 2.78 bits per heavy atom. The average Bonchev–Trinajstić information content (AvgIpc) is 2.67. The Labute approximate surface area is 114 Å². The predicted molar refractivity (Wildman–Crippen MR) is 77.7 cm³/mol. The molecule has 0 saturated carbocycles. The largest absolute Gasteiger partial charge is 0.305 e. The Kier molecular flexibility index (Phi) is 4.75. The molecule has 2 atom stereocenters. The van der Waals surface area contributed by atoms with Gasteiger partial charge in [0, 0.05) is 22.3 Å². The molecule has 1 aromatic heterocycles. The van der Waals surface area contributed by atoms with Crippen LogP contribution in [-0.2, 0) is 0 Å². The zero-order valence-electron chi connectivity index (χ0n) is 11.5. The summed E-state index contributed by atoms with van der Waals surface area (Å²) >= 11 is 1.84. The van der Waals surface area contributed by atoms with Crippen LogP contribution in [0, 0.1) is 6.92 Å². The highest BCUT2D eigenvalue weighted by atomic mass is 32.1. The molecule has 1 aromatic rings. The second-order valence-corrected chi connectivity index (χ2v) is 6.58. The fourth-order valence-corrected chi connectivity index (χ4v) is 3.67. The first kappa shape index (κ1) is 14.0. The lowest BCUT2D eigenvalue weighted by Gasteiger charge is -2.33. The van der Waals surface area contributed by atoms with Gasteiger partial charge in [-0.15, -0.1) is 11.3 Å². The number of likely N-dealkylation sites (N-methyl/N-ethyl adjacent to an activating group) is 2. The Morgan fingerprint density at radius 1 is 1.39 bits per heavy atom. The molecule has 0 amide bonds. The summed E-state index contributed by atoms with van der Waals surface area (Å²) in [7, 11) is 4.40. The van der Waals surface area contributed by atoms with Crippen molar-refractivity contribution >= 4 is 11.3 Å². The van der Waals surface area contributed by atoms with Crippen molar-refractivity contribution in [2.24, 2.45) is 5.84 Å². The van der Waals surface area contributed by atoms with Crippen molar-refractivity contribution in [2.75, 3.05) is 33.7 Å². The summed E-state index contributed by atoms with van der Waals surface area (Å²) in [5.74, 6) is 5.82. The topological polar surface area (TPSA) is 44.5 Å². The lowest BCUT2D eigenvalue weighted by atomic mass is 10.1. The van der Waals surface area contributed by atoms with E-state index in [-0.39, 0.29) is 6.04 Å². The van der Waals surface area contributed by atoms with Gasteiger partial charge in [-0.1, -0.05) is 0 Å². The molecule has 5 heteroatoms. The van der Waals surface area contributed by atoms with Crippen LogP contribution in [-0.4, -0.2) is 49.6 Å². The maximum Gasteiger partial charge on any atom is 0.0720 e. The van der Waals surface area contributed by atoms with E-state index in [9.17, 15) is 0 Å². The molecule has 0 spiro atoms. The molecular weight excluding hydrogens is 244 g/mol. The number of hydrazine groups is 1. The van der Waals surface area contributed by atoms with E-state index in [0.717, 1.165) is 13.1 Å². The third-order valence-electron chi connectivity index (χ3n) is 3.75. The van der Waals surface area contributed by atoms with Crippen LogP contribution in [0.25, 0.3) is 0 Å². The predicted octanol–water partition coefficient (Wildman–Crippen LogP) is 1.20. The summed E-state index contributed by atoms with van der Waals surface area (Å²) in [5.41, 5.74) is 3.02. The maximum atomic E-state index is 5.82. The average molecular weight is 268 g/mol. The number of hydrogen-bond acceptors (Lipinski definition) is 5. The van der Waals surface area contributed by atoms with Crippen LogP contribution in [0.1, 0.15) is 22.2 Å². The first-order valence-electron chi connectivity index (χ1n) is 6.53. The van der Waals surface area contributed by atoms with Gasteiger partial charge >= 0.3 is 0 Å². The quantitative estimate of drug-likeness (QED) is 0.639. The van der Waals surface area contributed by atoms with E-state index < -0.39 is 0 Å². The molecule has 0 radical (unpaired) electrons. The minimum Gasteiger partial charge on any atom is -0.305 e. The molecule has 1 aliphatic heterocycles. The molecule has 2 rings (SSSR count). The second-order valence-electron chi connectivity index (χ2n) is 5.26. The van der Waals surface area contributed by atoms with Gasteiger partial charge in [0.25, 0.3) is 0 Å². The highest BCUT2D eigenvalue weighted by Crippen LogP contribution is 2.28. The molecule has 0 bridgehead atoms. The van der Waals surface area contributed by atoms with Crippen LogP contribution in [0.15, 0.2) is 12.1 Å². The van der Waals surface area contributed by atoms with Gasteiger partial charge in [0.15, 0.2) is 0 Å². The van der Waals surface area contributed by atoms with Gasteiger partial charge in [-0.25, -0.2) is 0 Å². The summed E-state index contributed by atoms with van der Waals surface area (Å²) in [6.45, 7) is 5.51. The van der Waals surface area contributed by atoms with Gasteiger partial charge in [-0.3, -0.25) is 11.3 Å². The summed E-state index contributed by atoms with van der Waals surface area (Å²) < 4.78 is 0. The van der Waals surface area contributed by atoms with E-state index in [1.54, 1.807) is 0 Å². The number of nitrogens with zero attached hydrogens (tertiary/aromatic N) is 2. The van der Waals surface area contributed by atoms with Crippen molar-refractivity contribution in [3.8, 4) is 0 Å². The summed E-state index contributed by atoms with van der Waals surface area (Å²) in [5, 5.41) is 0. The molecule has 102 valence electrons. The molecular formula is C13H24N4S. The molecule has 1 fully saturated rings. The highest BCUT2D eigenvalue weighted by molar-refractivity contribution is 7.12. The van der Waals surface area contributed by atoms with Crippen LogP contribution in [0.5, 0.6) is 0 Å². The fourth-order valence-electron chi connectivity index (χ4n) is 2.67. The third-order valence-corrected chi connectivity index (χ3v) is 4.83. The Morgan fingerprint density at radius 2 is 2.17 bits per heavy atom. The molecule has 4 nitrogen and oxygen atoms in total. The van der Waals surface area contributed by atoms with E-state index in [1.807, 2.05) is 11.3 Å². The lowest BCUT2D eigenvalue weighted by molar-refractivity contribution is 0.180. The number of nitrogens with two attached hydrogens (primary N) is 1. The van der Waals surface area contributed by atoms with Gasteiger partial charge in [-0.05, 0) is 52.7 Å². The normalized spacial score (nSPS) is 25.0. The number of aryl methyl sites for hydroxylation is 1. The molecule has 0 aromatic carbocycles. The first-order valence-corrected chi connectivity index (χ1v) is 7.34. The molecule has 2 unspecified atom stereocenters. The van der Waals surface area contributed by atoms with Crippen LogP contribution in [0.4, 0.5) is 0 Å². The Bertz CT molecular complexity index is 379. The molecule has 1 aliphatic rings. The molecule has 2 heterocycles. The first-order chi connectivity index (χ1) is 8.61. The van der Waals surface area contributed by atoms with Crippen molar-refractivity contribution in [3.63, 3.8) is 0 Å². The SMILES string of the molecule is Cc1ccc(C(NN)C2CN(C)CCCN2C)s1. The van der Waals surface area contributed by atoms with Crippen molar-refractivity contribution in [2.45, 2.75) is 25.4 Å². The zero-order valence-corrected chi connectivity index (χ0v) is 12.3. The van der Waals surface area contributed by atoms with E-state index in [1.165, 1.54) is 22.7 Å². The number of thiophene rings is 1. The van der Waals surface area contributed by atoms with Gasteiger partial charge in [0.05, 0.1) is 6.04 Å². The van der Waals surface area contributed by atoms with E-state index in [4.69, 9.17) is 5.84 Å². The number of nitrogens with one attached hydrogen (secondary N) is 1. The van der Waals surface area contributed by atoms with Crippen LogP contribution in [0.3, 0.4) is 0 Å². The summed E-state index contributed by atoms with van der Waals surface area (Å²) in [6, 6.07) is 5.02. The van der Waals surface area contributed by atoms with Crippen LogP contribution < -0.4 is 11.3 Å². The molecule has 18 heavy (non-hydrogen) atoms. The van der Waals surface area contributed by atoms with Gasteiger partial charge in [-0.2, -0.15) is 0 Å². The van der Waals surface area contributed by atoms with Crippen LogP contribution in [0.2, 0.25) is 0 Å². The third kappa shape index (κ3) is 3.10. The number of rotatable bonds is 3. The van der Waals surface area contributed by atoms with Crippen molar-refractivity contribution in [1.29, 1.82) is 0 Å². The lowest BCUT2D eigenvalue weighted by Crippen LogP contribution is -2.48. The minimum atomic E-state index is 0.217. The Balaban J connectivity index is 2.19. The smallest absolute Gasteiger partial charge is 0.0720 e. The van der Waals surface area contributed by atoms with Gasteiger partial charge in [0.2, 0.25) is 0 Å². The zero-order chi connectivity index (χ0) is 13.1. The monoisotopic (exact) mass is 268 g/mol. The maximum absolute atomic E-state index is 5.82. The Hall–Kier alpha value is -0.460. The molecule has 1 saturated heterocycles. The molecule has 0 aliphatic carbocycles. The van der Waals surface area contributed by atoms with Crippen LogP contribution >= 0.6 is 11.3 Å². The van der Waals surface area contributed by atoms with Gasteiger partial charge in [0.1, 0.15) is 0 Å². The van der Waals surface area contributed by atoms with Gasteiger partial charge < -0.3 is 9.80 Å². The molecule has 3 N–H and O–H groups in total. The highest BCUT2D eigenvalue weighted by Gasteiger charge is 2.29.